The highest BCUT2D eigenvalue weighted by atomic mass is 16.1. The quantitative estimate of drug-likeness (QED) is 0.475. The van der Waals surface area contributed by atoms with E-state index in [0.717, 1.165) is 24.2 Å². The number of hydrogen-bond acceptors (Lipinski definition) is 4. The lowest BCUT2D eigenvalue weighted by Gasteiger charge is -2.00. The molecular formula is C8H9N5O. The van der Waals surface area contributed by atoms with Gasteiger partial charge in [0.05, 0.1) is 11.1 Å². The van der Waals surface area contributed by atoms with E-state index in [9.17, 15) is 4.79 Å². The summed E-state index contributed by atoms with van der Waals surface area (Å²) in [6, 6.07) is 0. The normalized spacial score (nSPS) is 14.6. The van der Waals surface area contributed by atoms with Crippen LogP contribution in [0.2, 0.25) is 0 Å². The molecular weight excluding hydrogens is 182 g/mol. The average Bonchev–Trinajstić information content (AvgIpc) is 2.43. The van der Waals surface area contributed by atoms with Crippen LogP contribution in [0, 0.1) is 0 Å². The molecule has 0 amide bonds. The molecule has 0 saturated carbocycles. The molecule has 1 aliphatic rings. The lowest BCUT2D eigenvalue weighted by Crippen LogP contribution is -2.15. The lowest BCUT2D eigenvalue weighted by atomic mass is 10.3. The van der Waals surface area contributed by atoms with Gasteiger partial charge in [-0.15, -0.1) is 0 Å². The van der Waals surface area contributed by atoms with Crippen LogP contribution in [-0.2, 0) is 0 Å². The van der Waals surface area contributed by atoms with Gasteiger partial charge >= 0.3 is 5.69 Å². The zero-order chi connectivity index (χ0) is 9.54. The van der Waals surface area contributed by atoms with E-state index < -0.39 is 0 Å². The number of rotatable bonds is 0. The van der Waals surface area contributed by atoms with Gasteiger partial charge in [0.25, 0.3) is 0 Å². The summed E-state index contributed by atoms with van der Waals surface area (Å²) >= 11 is 0. The second kappa shape index (κ2) is 2.50. The van der Waals surface area contributed by atoms with Crippen LogP contribution in [0.3, 0.4) is 0 Å². The van der Waals surface area contributed by atoms with Crippen LogP contribution in [0.4, 0.5) is 11.5 Å². The molecule has 0 radical (unpaired) electrons. The molecule has 0 atom stereocenters. The van der Waals surface area contributed by atoms with Crippen molar-refractivity contribution in [1.29, 1.82) is 0 Å². The van der Waals surface area contributed by atoms with Gasteiger partial charge in [-0.3, -0.25) is 4.98 Å². The van der Waals surface area contributed by atoms with E-state index in [1.54, 1.807) is 0 Å². The molecule has 14 heavy (non-hydrogen) atoms. The Kier molecular flexibility index (Phi) is 1.33. The van der Waals surface area contributed by atoms with Crippen molar-refractivity contribution in [3.8, 4) is 0 Å². The predicted molar refractivity (Wildman–Crippen MR) is 53.7 cm³/mol. The van der Waals surface area contributed by atoms with Crippen molar-refractivity contribution < 1.29 is 0 Å². The van der Waals surface area contributed by atoms with Crippen molar-refractivity contribution in [1.82, 2.24) is 15.0 Å². The van der Waals surface area contributed by atoms with Gasteiger partial charge in [0.2, 0.25) is 0 Å². The number of nitrogens with zero attached hydrogens (tertiary/aromatic N) is 1. The summed E-state index contributed by atoms with van der Waals surface area (Å²) in [6.45, 7) is 1.58. The van der Waals surface area contributed by atoms with E-state index in [1.807, 2.05) is 6.20 Å². The SMILES string of the molecule is O=c1nc2c3c(c[nH]c3[nH]1)NCCN2. The van der Waals surface area contributed by atoms with Crippen LogP contribution in [0.5, 0.6) is 0 Å². The Hall–Kier alpha value is -1.98. The van der Waals surface area contributed by atoms with Crippen molar-refractivity contribution in [2.24, 2.45) is 0 Å². The number of hydrogen-bond donors (Lipinski definition) is 4. The maximum Gasteiger partial charge on any atom is 0.348 e. The Morgan fingerprint density at radius 3 is 3.07 bits per heavy atom. The topological polar surface area (TPSA) is 85.6 Å². The van der Waals surface area contributed by atoms with Crippen LogP contribution < -0.4 is 16.3 Å². The Labute approximate surface area is 78.7 Å². The summed E-state index contributed by atoms with van der Waals surface area (Å²) < 4.78 is 0. The molecule has 0 unspecified atom stereocenters. The van der Waals surface area contributed by atoms with E-state index in [1.165, 1.54) is 0 Å². The minimum atomic E-state index is -0.338. The molecule has 3 rings (SSSR count). The summed E-state index contributed by atoms with van der Waals surface area (Å²) in [5.41, 5.74) is 1.34. The monoisotopic (exact) mass is 191 g/mol. The third-order valence-corrected chi connectivity index (χ3v) is 2.30. The van der Waals surface area contributed by atoms with Gasteiger partial charge in [-0.2, -0.15) is 4.98 Å². The third-order valence-electron chi connectivity index (χ3n) is 2.30. The van der Waals surface area contributed by atoms with E-state index >= 15 is 0 Å². The molecule has 0 spiro atoms. The summed E-state index contributed by atoms with van der Waals surface area (Å²) in [5, 5.41) is 7.25. The van der Waals surface area contributed by atoms with Gasteiger partial charge in [-0.05, 0) is 0 Å². The first kappa shape index (κ1) is 7.43. The standard InChI is InChI=1S/C8H9N5O/c14-8-12-6-5-4(9-1-2-10-6)3-11-7(5)13-8/h3,9H,1-2H2,(H3,10,11,12,13,14). The first-order valence-corrected chi connectivity index (χ1v) is 4.44. The fourth-order valence-electron chi connectivity index (χ4n) is 1.71. The lowest BCUT2D eigenvalue weighted by molar-refractivity contribution is 1.05. The van der Waals surface area contributed by atoms with Gasteiger partial charge in [-0.1, -0.05) is 0 Å². The Morgan fingerprint density at radius 1 is 1.29 bits per heavy atom. The minimum absolute atomic E-state index is 0.338. The van der Waals surface area contributed by atoms with E-state index in [0.29, 0.717) is 11.5 Å². The first-order valence-electron chi connectivity index (χ1n) is 4.44. The minimum Gasteiger partial charge on any atom is -0.381 e. The number of H-pyrrole nitrogens is 2. The highest BCUT2D eigenvalue weighted by Crippen LogP contribution is 2.27. The van der Waals surface area contributed by atoms with Crippen LogP contribution in [-0.4, -0.2) is 28.0 Å². The van der Waals surface area contributed by atoms with E-state index in [2.05, 4.69) is 25.6 Å². The van der Waals surface area contributed by atoms with Crippen LogP contribution >= 0.6 is 0 Å². The molecule has 2 aromatic rings. The van der Waals surface area contributed by atoms with Crippen molar-refractivity contribution >= 4 is 22.5 Å². The number of nitrogens with one attached hydrogen (secondary N) is 4. The molecule has 72 valence electrons. The third kappa shape index (κ3) is 0.905. The summed E-state index contributed by atoms with van der Waals surface area (Å²) in [4.78, 5) is 20.7. The number of aromatic nitrogens is 3. The molecule has 3 heterocycles. The summed E-state index contributed by atoms with van der Waals surface area (Å²) in [7, 11) is 0. The molecule has 1 aliphatic heterocycles. The molecule has 0 saturated heterocycles. The molecule has 4 N–H and O–H groups in total. The molecule has 6 nitrogen and oxygen atoms in total. The second-order valence-corrected chi connectivity index (χ2v) is 3.20. The van der Waals surface area contributed by atoms with Crippen LogP contribution in [0.1, 0.15) is 0 Å². The van der Waals surface area contributed by atoms with Crippen molar-refractivity contribution in [2.75, 3.05) is 23.7 Å². The van der Waals surface area contributed by atoms with Gasteiger partial charge in [0.1, 0.15) is 11.5 Å². The number of aromatic amines is 2. The van der Waals surface area contributed by atoms with Gasteiger partial charge in [0.15, 0.2) is 0 Å². The maximum atomic E-state index is 11.2. The largest absolute Gasteiger partial charge is 0.381 e. The van der Waals surface area contributed by atoms with E-state index in [4.69, 9.17) is 0 Å². The van der Waals surface area contributed by atoms with Crippen molar-refractivity contribution in [3.63, 3.8) is 0 Å². The van der Waals surface area contributed by atoms with Crippen LogP contribution in [0.25, 0.3) is 11.0 Å². The van der Waals surface area contributed by atoms with E-state index in [-0.39, 0.29) is 5.69 Å². The summed E-state index contributed by atoms with van der Waals surface area (Å²) in [6.07, 6.45) is 1.83. The van der Waals surface area contributed by atoms with Crippen molar-refractivity contribution in [3.05, 3.63) is 16.7 Å². The molecule has 0 fully saturated rings. The molecule has 0 bridgehead atoms. The first-order chi connectivity index (χ1) is 6.84. The fraction of sp³-hybridized carbons (Fsp3) is 0.250. The molecule has 6 heteroatoms. The zero-order valence-electron chi connectivity index (χ0n) is 7.35. The zero-order valence-corrected chi connectivity index (χ0v) is 7.35. The van der Waals surface area contributed by atoms with Crippen molar-refractivity contribution in [2.45, 2.75) is 0 Å². The Bertz CT molecular complexity index is 540. The molecule has 2 aromatic heterocycles. The number of anilines is 2. The fourth-order valence-corrected chi connectivity index (χ4v) is 1.71. The highest BCUT2D eigenvalue weighted by Gasteiger charge is 2.13. The highest BCUT2D eigenvalue weighted by molar-refractivity contribution is 5.98. The predicted octanol–water partition coefficient (Wildman–Crippen LogP) is 0.0886. The average molecular weight is 191 g/mol. The second-order valence-electron chi connectivity index (χ2n) is 3.20. The Morgan fingerprint density at radius 2 is 2.14 bits per heavy atom. The smallest absolute Gasteiger partial charge is 0.348 e. The summed E-state index contributed by atoms with van der Waals surface area (Å²) in [5.74, 6) is 0.644. The maximum absolute atomic E-state index is 11.2. The molecule has 0 aliphatic carbocycles. The van der Waals surface area contributed by atoms with Gasteiger partial charge < -0.3 is 15.6 Å². The molecule has 0 aromatic carbocycles. The Balaban J connectivity index is 2.44. The van der Waals surface area contributed by atoms with Gasteiger partial charge in [0, 0.05) is 19.3 Å². The van der Waals surface area contributed by atoms with Gasteiger partial charge in [-0.25, -0.2) is 4.79 Å². The van der Waals surface area contributed by atoms with Crippen LogP contribution in [0.15, 0.2) is 11.0 Å².